The summed E-state index contributed by atoms with van der Waals surface area (Å²) < 4.78 is 10.6. The van der Waals surface area contributed by atoms with Gasteiger partial charge in [-0.3, -0.25) is 9.59 Å². The maximum absolute atomic E-state index is 12.6. The Hall–Kier alpha value is -2.38. The quantitative estimate of drug-likeness (QED) is 0.923. The molecule has 1 aromatic heterocycles. The minimum atomic E-state index is -0.223. The first-order chi connectivity index (χ1) is 11.7. The number of carbonyl (C=O) groups is 2. The van der Waals surface area contributed by atoms with E-state index in [0.717, 1.165) is 0 Å². The summed E-state index contributed by atoms with van der Waals surface area (Å²) in [4.78, 5) is 27.2. The predicted octanol–water partition coefficient (Wildman–Crippen LogP) is 2.48. The number of rotatable bonds is 4. The van der Waals surface area contributed by atoms with E-state index < -0.39 is 0 Å². The highest BCUT2D eigenvalue weighted by Crippen LogP contribution is 2.27. The van der Waals surface area contributed by atoms with Crippen molar-refractivity contribution >= 4 is 28.8 Å². The van der Waals surface area contributed by atoms with E-state index >= 15 is 0 Å². The second kappa shape index (κ2) is 7.46. The summed E-state index contributed by atoms with van der Waals surface area (Å²) in [7, 11) is 1.53. The van der Waals surface area contributed by atoms with Crippen LogP contribution in [0.15, 0.2) is 35.7 Å². The molecule has 1 saturated heterocycles. The molecule has 1 aromatic carbocycles. The molecule has 0 saturated carbocycles. The van der Waals surface area contributed by atoms with Gasteiger partial charge in [-0.1, -0.05) is 6.07 Å². The SMILES string of the molecule is COc1ccc(C(=O)N2CCOCC2)cc1NC(=O)c1cccs1. The Bertz CT molecular complexity index is 724. The number of amides is 2. The van der Waals surface area contributed by atoms with Crippen LogP contribution < -0.4 is 10.1 Å². The Labute approximate surface area is 144 Å². The van der Waals surface area contributed by atoms with Gasteiger partial charge in [-0.2, -0.15) is 0 Å². The number of methoxy groups -OCH3 is 1. The molecule has 1 N–H and O–H groups in total. The van der Waals surface area contributed by atoms with Crippen LogP contribution in [-0.4, -0.2) is 50.1 Å². The normalized spacial score (nSPS) is 14.3. The summed E-state index contributed by atoms with van der Waals surface area (Å²) in [5, 5.41) is 4.65. The van der Waals surface area contributed by atoms with E-state index in [1.165, 1.54) is 18.4 Å². The zero-order valence-corrected chi connectivity index (χ0v) is 14.1. The monoisotopic (exact) mass is 346 g/mol. The lowest BCUT2D eigenvalue weighted by Crippen LogP contribution is -2.40. The van der Waals surface area contributed by atoms with Crippen LogP contribution in [0.2, 0.25) is 0 Å². The molecule has 2 amide bonds. The van der Waals surface area contributed by atoms with Crippen LogP contribution in [0.25, 0.3) is 0 Å². The lowest BCUT2D eigenvalue weighted by atomic mass is 10.1. The number of ether oxygens (including phenoxy) is 2. The van der Waals surface area contributed by atoms with Crippen LogP contribution in [0.1, 0.15) is 20.0 Å². The van der Waals surface area contributed by atoms with Crippen molar-refractivity contribution < 1.29 is 19.1 Å². The van der Waals surface area contributed by atoms with Crippen LogP contribution >= 0.6 is 11.3 Å². The van der Waals surface area contributed by atoms with Gasteiger partial charge in [0.25, 0.3) is 11.8 Å². The standard InChI is InChI=1S/C17H18N2O4S/c1-22-14-5-4-12(17(21)19-6-8-23-9-7-19)11-13(14)18-16(20)15-3-2-10-24-15/h2-5,10-11H,6-9H2,1H3,(H,18,20). The van der Waals surface area contributed by atoms with Gasteiger partial charge < -0.3 is 19.7 Å². The van der Waals surface area contributed by atoms with Crippen molar-refractivity contribution in [2.24, 2.45) is 0 Å². The Kier molecular flexibility index (Phi) is 5.12. The molecule has 2 aromatic rings. The van der Waals surface area contributed by atoms with Crippen molar-refractivity contribution in [3.05, 3.63) is 46.2 Å². The fourth-order valence-corrected chi connectivity index (χ4v) is 3.10. The Morgan fingerprint density at radius 3 is 2.71 bits per heavy atom. The first-order valence-corrected chi connectivity index (χ1v) is 8.47. The van der Waals surface area contributed by atoms with Gasteiger partial charge in [-0.25, -0.2) is 0 Å². The molecule has 126 valence electrons. The smallest absolute Gasteiger partial charge is 0.265 e. The van der Waals surface area contributed by atoms with Gasteiger partial charge in [0.1, 0.15) is 5.75 Å². The maximum atomic E-state index is 12.6. The summed E-state index contributed by atoms with van der Waals surface area (Å²) in [6, 6.07) is 8.61. The van der Waals surface area contributed by atoms with Crippen LogP contribution in [0, 0.1) is 0 Å². The zero-order valence-electron chi connectivity index (χ0n) is 13.3. The van der Waals surface area contributed by atoms with Crippen molar-refractivity contribution in [3.63, 3.8) is 0 Å². The third-order valence-corrected chi connectivity index (χ3v) is 4.61. The van der Waals surface area contributed by atoms with Crippen LogP contribution in [0.5, 0.6) is 5.75 Å². The lowest BCUT2D eigenvalue weighted by molar-refractivity contribution is 0.0303. The average molecular weight is 346 g/mol. The highest BCUT2D eigenvalue weighted by Gasteiger charge is 2.20. The summed E-state index contributed by atoms with van der Waals surface area (Å²) in [5.41, 5.74) is 0.995. The number of morpholine rings is 1. The van der Waals surface area contributed by atoms with Gasteiger partial charge >= 0.3 is 0 Å². The molecule has 0 bridgehead atoms. The van der Waals surface area contributed by atoms with Gasteiger partial charge in [0, 0.05) is 18.7 Å². The van der Waals surface area contributed by atoms with E-state index in [0.29, 0.717) is 48.2 Å². The third-order valence-electron chi connectivity index (χ3n) is 3.74. The number of hydrogen-bond acceptors (Lipinski definition) is 5. The number of hydrogen-bond donors (Lipinski definition) is 1. The molecule has 7 heteroatoms. The minimum Gasteiger partial charge on any atom is -0.495 e. The lowest BCUT2D eigenvalue weighted by Gasteiger charge is -2.27. The highest BCUT2D eigenvalue weighted by molar-refractivity contribution is 7.12. The van der Waals surface area contributed by atoms with E-state index in [1.807, 2.05) is 11.4 Å². The predicted molar refractivity (Wildman–Crippen MR) is 92.0 cm³/mol. The fraction of sp³-hybridized carbons (Fsp3) is 0.294. The van der Waals surface area contributed by atoms with Gasteiger partial charge in [0.05, 0.1) is 30.9 Å². The van der Waals surface area contributed by atoms with Gasteiger partial charge in [0.15, 0.2) is 0 Å². The summed E-state index contributed by atoms with van der Waals surface area (Å²) in [6.07, 6.45) is 0. The van der Waals surface area contributed by atoms with Crippen molar-refractivity contribution in [1.82, 2.24) is 4.90 Å². The second-order valence-corrected chi connectivity index (χ2v) is 6.20. The summed E-state index contributed by atoms with van der Waals surface area (Å²) >= 11 is 1.36. The summed E-state index contributed by atoms with van der Waals surface area (Å²) in [6.45, 7) is 2.23. The van der Waals surface area contributed by atoms with E-state index in [4.69, 9.17) is 9.47 Å². The molecule has 2 heterocycles. The fourth-order valence-electron chi connectivity index (χ4n) is 2.48. The van der Waals surface area contributed by atoms with Crippen LogP contribution in [0.4, 0.5) is 5.69 Å². The van der Waals surface area contributed by atoms with E-state index in [2.05, 4.69) is 5.32 Å². The van der Waals surface area contributed by atoms with Crippen molar-refractivity contribution in [2.75, 3.05) is 38.7 Å². The number of nitrogens with zero attached hydrogens (tertiary/aromatic N) is 1. The second-order valence-electron chi connectivity index (χ2n) is 5.25. The Morgan fingerprint density at radius 1 is 1.25 bits per heavy atom. The molecule has 24 heavy (non-hydrogen) atoms. The van der Waals surface area contributed by atoms with Crippen LogP contribution in [0.3, 0.4) is 0 Å². The Balaban J connectivity index is 1.82. The third kappa shape index (κ3) is 3.58. The van der Waals surface area contributed by atoms with E-state index in [9.17, 15) is 9.59 Å². The molecule has 0 unspecified atom stereocenters. The topological polar surface area (TPSA) is 67.9 Å². The molecule has 0 spiro atoms. The average Bonchev–Trinajstić information content (AvgIpc) is 3.16. The molecule has 1 aliphatic heterocycles. The molecule has 0 radical (unpaired) electrons. The number of thiophene rings is 1. The van der Waals surface area contributed by atoms with E-state index in [-0.39, 0.29) is 11.8 Å². The number of benzene rings is 1. The van der Waals surface area contributed by atoms with Crippen molar-refractivity contribution in [3.8, 4) is 5.75 Å². The first kappa shape index (κ1) is 16.5. The molecule has 1 aliphatic rings. The van der Waals surface area contributed by atoms with Crippen molar-refractivity contribution in [1.29, 1.82) is 0 Å². The maximum Gasteiger partial charge on any atom is 0.265 e. The number of anilines is 1. The molecule has 3 rings (SSSR count). The highest BCUT2D eigenvalue weighted by atomic mass is 32.1. The van der Waals surface area contributed by atoms with Gasteiger partial charge in [-0.05, 0) is 29.6 Å². The zero-order chi connectivity index (χ0) is 16.9. The molecular weight excluding hydrogens is 328 g/mol. The van der Waals surface area contributed by atoms with Crippen LogP contribution in [-0.2, 0) is 4.74 Å². The first-order valence-electron chi connectivity index (χ1n) is 7.59. The molecule has 1 fully saturated rings. The Morgan fingerprint density at radius 2 is 2.04 bits per heavy atom. The largest absolute Gasteiger partial charge is 0.495 e. The van der Waals surface area contributed by atoms with Gasteiger partial charge in [-0.15, -0.1) is 11.3 Å². The van der Waals surface area contributed by atoms with Gasteiger partial charge in [0.2, 0.25) is 0 Å². The minimum absolute atomic E-state index is 0.0763. The number of carbonyl (C=O) groups excluding carboxylic acids is 2. The molecule has 6 nitrogen and oxygen atoms in total. The number of nitrogens with one attached hydrogen (secondary N) is 1. The van der Waals surface area contributed by atoms with E-state index in [1.54, 1.807) is 29.2 Å². The summed E-state index contributed by atoms with van der Waals surface area (Å²) in [5.74, 6) is 0.213. The molecule has 0 aliphatic carbocycles. The molecule has 0 atom stereocenters. The molecular formula is C17H18N2O4S. The van der Waals surface area contributed by atoms with Crippen molar-refractivity contribution in [2.45, 2.75) is 0 Å².